The van der Waals surface area contributed by atoms with Crippen molar-refractivity contribution in [1.29, 1.82) is 0 Å². The van der Waals surface area contributed by atoms with Crippen molar-refractivity contribution in [2.24, 2.45) is 5.92 Å². The minimum Gasteiger partial charge on any atom is -0.339 e. The summed E-state index contributed by atoms with van der Waals surface area (Å²) >= 11 is 8.86. The van der Waals surface area contributed by atoms with Gasteiger partial charge in [-0.15, -0.1) is 0 Å². The summed E-state index contributed by atoms with van der Waals surface area (Å²) in [5, 5.41) is 2.80. The van der Waals surface area contributed by atoms with Gasteiger partial charge in [0.05, 0.1) is 5.52 Å². The van der Waals surface area contributed by atoms with Crippen molar-refractivity contribution in [1.82, 2.24) is 4.57 Å². The zero-order valence-electron chi connectivity index (χ0n) is 22.6. The first kappa shape index (κ1) is 30.7. The van der Waals surface area contributed by atoms with Gasteiger partial charge in [0, 0.05) is 34.4 Å². The van der Waals surface area contributed by atoms with E-state index in [1.807, 2.05) is 0 Å². The second-order valence-corrected chi connectivity index (χ2v) is 14.1. The van der Waals surface area contributed by atoms with Crippen LogP contribution in [0.1, 0.15) is 117 Å². The van der Waals surface area contributed by atoms with Crippen LogP contribution in [-0.2, 0) is 6.54 Å². The molecular weight excluding hydrogens is 732 g/mol. The lowest BCUT2D eigenvalue weighted by Crippen LogP contribution is -2.11. The maximum Gasteiger partial charge on any atom is 0.0636 e. The van der Waals surface area contributed by atoms with E-state index in [0.29, 0.717) is 0 Å². The molecule has 1 nitrogen and oxygen atoms in total. The van der Waals surface area contributed by atoms with E-state index in [1.54, 1.807) is 0 Å². The molecular formula is C32H46BrI2N. The predicted octanol–water partition coefficient (Wildman–Crippen LogP) is 12.7. The number of benzene rings is 2. The van der Waals surface area contributed by atoms with E-state index in [1.165, 1.54) is 136 Å². The Balaban J connectivity index is 1.72. The van der Waals surface area contributed by atoms with Gasteiger partial charge >= 0.3 is 0 Å². The maximum atomic E-state index is 3.94. The molecule has 1 aromatic heterocycles. The Morgan fingerprint density at radius 2 is 1.19 bits per heavy atom. The lowest BCUT2D eigenvalue weighted by molar-refractivity contribution is 0.364. The molecule has 3 aromatic rings. The van der Waals surface area contributed by atoms with Crippen molar-refractivity contribution in [2.75, 3.05) is 0 Å². The van der Waals surface area contributed by atoms with Gasteiger partial charge in [0.2, 0.25) is 0 Å². The van der Waals surface area contributed by atoms with Crippen LogP contribution in [0.15, 0.2) is 34.8 Å². The van der Waals surface area contributed by atoms with Crippen LogP contribution in [0.5, 0.6) is 0 Å². The zero-order chi connectivity index (χ0) is 25.8. The highest BCUT2D eigenvalue weighted by molar-refractivity contribution is 14.1. The highest BCUT2D eigenvalue weighted by Crippen LogP contribution is 2.37. The van der Waals surface area contributed by atoms with Crippen LogP contribution in [0.3, 0.4) is 0 Å². The second-order valence-electron chi connectivity index (χ2n) is 10.7. The van der Waals surface area contributed by atoms with Crippen LogP contribution >= 0.6 is 61.1 Å². The third kappa shape index (κ3) is 9.43. The molecule has 36 heavy (non-hydrogen) atoms. The van der Waals surface area contributed by atoms with Crippen molar-refractivity contribution >= 4 is 82.9 Å². The number of halogens is 3. The molecule has 1 atom stereocenters. The van der Waals surface area contributed by atoms with Crippen LogP contribution in [0.2, 0.25) is 0 Å². The topological polar surface area (TPSA) is 4.93 Å². The van der Waals surface area contributed by atoms with E-state index in [2.05, 4.69) is 110 Å². The fourth-order valence-electron chi connectivity index (χ4n) is 5.68. The van der Waals surface area contributed by atoms with Gasteiger partial charge in [-0.2, -0.15) is 0 Å². The quantitative estimate of drug-likeness (QED) is 0.0895. The highest BCUT2D eigenvalue weighted by Gasteiger charge is 2.18. The number of rotatable bonds is 18. The highest BCUT2D eigenvalue weighted by atomic mass is 127. The number of nitrogens with zero attached hydrogens (tertiary/aromatic N) is 1. The van der Waals surface area contributed by atoms with Gasteiger partial charge < -0.3 is 4.57 Å². The Bertz CT molecular complexity index is 1060. The molecule has 0 aliphatic carbocycles. The Labute approximate surface area is 256 Å². The van der Waals surface area contributed by atoms with Gasteiger partial charge in [-0.3, -0.25) is 0 Å². The Hall–Kier alpha value is 0.180. The molecule has 0 radical (unpaired) electrons. The molecule has 0 N–H and O–H groups in total. The van der Waals surface area contributed by atoms with Crippen molar-refractivity contribution in [3.63, 3.8) is 0 Å². The fourth-order valence-corrected chi connectivity index (χ4v) is 7.90. The van der Waals surface area contributed by atoms with Gasteiger partial charge in [-0.25, -0.2) is 0 Å². The largest absolute Gasteiger partial charge is 0.339 e. The van der Waals surface area contributed by atoms with E-state index in [0.717, 1.165) is 12.5 Å². The van der Waals surface area contributed by atoms with E-state index < -0.39 is 0 Å². The Morgan fingerprint density at radius 3 is 1.78 bits per heavy atom. The van der Waals surface area contributed by atoms with Crippen LogP contribution in [-0.4, -0.2) is 4.57 Å². The average molecular weight is 778 g/mol. The van der Waals surface area contributed by atoms with Crippen molar-refractivity contribution < 1.29 is 0 Å². The molecule has 200 valence electrons. The first-order valence-corrected chi connectivity index (χ1v) is 17.6. The lowest BCUT2D eigenvalue weighted by atomic mass is 9.93. The first-order chi connectivity index (χ1) is 17.5. The van der Waals surface area contributed by atoms with E-state index in [4.69, 9.17) is 0 Å². The van der Waals surface area contributed by atoms with Gasteiger partial charge in [-0.05, 0) is 110 Å². The van der Waals surface area contributed by atoms with Crippen LogP contribution in [0.4, 0.5) is 0 Å². The molecule has 3 rings (SSSR count). The molecule has 0 bridgehead atoms. The summed E-state index contributed by atoms with van der Waals surface area (Å²) in [5.41, 5.74) is 2.79. The second kappa shape index (κ2) is 17.0. The standard InChI is InChI=1S/C32H46BrI2N/c1-3-5-7-9-11-12-14-16-18-25(17-15-13-10-8-6-4-2)24-36-31-20-19-26(34)21-28(31)29-22-27(35)23-30(33)32(29)36/h19-23,25H,3-18,24H2,1-2H3. The molecule has 0 fully saturated rings. The van der Waals surface area contributed by atoms with E-state index >= 15 is 0 Å². The number of unbranched alkanes of at least 4 members (excludes halogenated alkanes) is 12. The summed E-state index contributed by atoms with van der Waals surface area (Å²) in [7, 11) is 0. The van der Waals surface area contributed by atoms with Crippen LogP contribution in [0.25, 0.3) is 21.8 Å². The molecule has 1 unspecified atom stereocenters. The van der Waals surface area contributed by atoms with Gasteiger partial charge in [0.1, 0.15) is 0 Å². The van der Waals surface area contributed by atoms with Crippen molar-refractivity contribution in [3.8, 4) is 0 Å². The summed E-state index contributed by atoms with van der Waals surface area (Å²) in [6, 6.07) is 11.7. The first-order valence-electron chi connectivity index (χ1n) is 14.6. The number of fused-ring (bicyclic) bond motifs is 3. The monoisotopic (exact) mass is 777 g/mol. The molecule has 1 heterocycles. The summed E-state index contributed by atoms with van der Waals surface area (Å²) in [6.07, 6.45) is 22.4. The van der Waals surface area contributed by atoms with E-state index in [9.17, 15) is 0 Å². The van der Waals surface area contributed by atoms with Crippen molar-refractivity contribution in [3.05, 3.63) is 41.9 Å². The van der Waals surface area contributed by atoms with Crippen LogP contribution < -0.4 is 0 Å². The average Bonchev–Trinajstić information content (AvgIpc) is 3.15. The Morgan fingerprint density at radius 1 is 0.667 bits per heavy atom. The third-order valence-corrected chi connectivity index (χ3v) is 9.61. The zero-order valence-corrected chi connectivity index (χ0v) is 28.5. The Kier molecular flexibility index (Phi) is 14.5. The third-order valence-electron chi connectivity index (χ3n) is 7.71. The van der Waals surface area contributed by atoms with Crippen molar-refractivity contribution in [2.45, 2.75) is 123 Å². The fraction of sp³-hybridized carbons (Fsp3) is 0.625. The lowest BCUT2D eigenvalue weighted by Gasteiger charge is -2.20. The number of hydrogen-bond acceptors (Lipinski definition) is 0. The molecule has 0 aliphatic heterocycles. The summed E-state index contributed by atoms with van der Waals surface area (Å²) in [6.45, 7) is 5.76. The van der Waals surface area contributed by atoms with Crippen LogP contribution in [0, 0.1) is 13.1 Å². The summed E-state index contributed by atoms with van der Waals surface area (Å²) in [5.74, 6) is 0.764. The molecule has 2 aromatic carbocycles. The minimum absolute atomic E-state index is 0.764. The van der Waals surface area contributed by atoms with Gasteiger partial charge in [0.25, 0.3) is 0 Å². The van der Waals surface area contributed by atoms with E-state index in [-0.39, 0.29) is 0 Å². The maximum absolute atomic E-state index is 3.94. The number of aromatic nitrogens is 1. The van der Waals surface area contributed by atoms with Gasteiger partial charge in [-0.1, -0.05) is 104 Å². The SMILES string of the molecule is CCCCCCCCCCC(CCCCCCCC)Cn1c2ccc(I)cc2c2cc(I)cc(Br)c21. The summed E-state index contributed by atoms with van der Waals surface area (Å²) in [4.78, 5) is 0. The summed E-state index contributed by atoms with van der Waals surface area (Å²) < 4.78 is 6.50. The minimum atomic E-state index is 0.764. The number of hydrogen-bond donors (Lipinski definition) is 0. The molecule has 0 spiro atoms. The normalized spacial score (nSPS) is 12.7. The molecule has 0 aliphatic rings. The molecule has 4 heteroatoms. The van der Waals surface area contributed by atoms with Gasteiger partial charge in [0.15, 0.2) is 0 Å². The molecule has 0 amide bonds. The molecule has 0 saturated carbocycles. The smallest absolute Gasteiger partial charge is 0.0636 e. The molecule has 0 saturated heterocycles. The predicted molar refractivity (Wildman–Crippen MR) is 181 cm³/mol.